The third-order valence-corrected chi connectivity index (χ3v) is 8.43. The summed E-state index contributed by atoms with van der Waals surface area (Å²) in [6.45, 7) is 5.70. The van der Waals surface area contributed by atoms with Crippen LogP contribution in [0, 0.1) is 0 Å². The molecule has 0 aliphatic carbocycles. The minimum Gasteiger partial charge on any atom is -0.379 e. The van der Waals surface area contributed by atoms with Gasteiger partial charge >= 0.3 is 6.18 Å². The average Bonchev–Trinajstić information content (AvgIpc) is 3.09. The number of ether oxygens (including phenoxy) is 1. The van der Waals surface area contributed by atoms with Gasteiger partial charge in [-0.3, -0.25) is 19.3 Å². The number of piperidine rings is 1. The summed E-state index contributed by atoms with van der Waals surface area (Å²) >= 11 is 5.70. The largest absolute Gasteiger partial charge is 0.417 e. The molecule has 0 atom stereocenters. The first-order chi connectivity index (χ1) is 23.1. The van der Waals surface area contributed by atoms with Crippen LogP contribution in [0.5, 0.6) is 0 Å². The lowest BCUT2D eigenvalue weighted by Gasteiger charge is -2.29. The molecule has 10 nitrogen and oxygen atoms in total. The Morgan fingerprint density at radius 2 is 1.60 bits per heavy atom. The van der Waals surface area contributed by atoms with Gasteiger partial charge in [0, 0.05) is 56.1 Å². The summed E-state index contributed by atoms with van der Waals surface area (Å²) in [5, 5.41) is 9.06. The Balaban J connectivity index is 1.30. The lowest BCUT2D eigenvalue weighted by Crippen LogP contribution is -2.41. The molecule has 0 spiro atoms. The van der Waals surface area contributed by atoms with Crippen LogP contribution < -0.4 is 21.0 Å². The average molecular weight is 685 g/mol. The van der Waals surface area contributed by atoms with E-state index in [9.17, 15) is 27.6 Å². The van der Waals surface area contributed by atoms with Crippen molar-refractivity contribution in [2.24, 2.45) is 5.10 Å². The minimum absolute atomic E-state index is 0.0765. The SMILES string of the molecule is O=C(NCCN1CCOCC1)c1cccc(C(=O)Nc2ccc(N3CCCCC3)cc2C(=O)N/N=C/c2ccc(Cl)c(C(F)(F)F)c2)c1. The lowest BCUT2D eigenvalue weighted by molar-refractivity contribution is -0.137. The molecule has 48 heavy (non-hydrogen) atoms. The van der Waals surface area contributed by atoms with Crippen molar-refractivity contribution in [2.75, 3.05) is 62.7 Å². The van der Waals surface area contributed by atoms with Crippen LogP contribution in [0.25, 0.3) is 0 Å². The molecule has 2 fully saturated rings. The van der Waals surface area contributed by atoms with Crippen molar-refractivity contribution in [3.8, 4) is 0 Å². The van der Waals surface area contributed by atoms with E-state index < -0.39 is 28.6 Å². The molecule has 14 heteroatoms. The summed E-state index contributed by atoms with van der Waals surface area (Å²) in [5.74, 6) is -1.54. The molecule has 0 unspecified atom stereocenters. The van der Waals surface area contributed by atoms with E-state index in [1.807, 2.05) is 6.07 Å². The van der Waals surface area contributed by atoms with Crippen LogP contribution in [-0.4, -0.2) is 81.3 Å². The zero-order chi connectivity index (χ0) is 34.1. The van der Waals surface area contributed by atoms with E-state index >= 15 is 0 Å². The lowest BCUT2D eigenvalue weighted by atomic mass is 10.1. The molecule has 2 aliphatic rings. The Kier molecular flexibility index (Phi) is 11.7. The summed E-state index contributed by atoms with van der Waals surface area (Å²) in [6, 6.07) is 14.6. The van der Waals surface area contributed by atoms with Gasteiger partial charge in [0.1, 0.15) is 0 Å². The van der Waals surface area contributed by atoms with Gasteiger partial charge in [-0.05, 0) is 73.4 Å². The van der Waals surface area contributed by atoms with Gasteiger partial charge in [-0.25, -0.2) is 5.43 Å². The van der Waals surface area contributed by atoms with Crippen LogP contribution in [0.3, 0.4) is 0 Å². The quantitative estimate of drug-likeness (QED) is 0.194. The molecule has 3 N–H and O–H groups in total. The number of rotatable bonds is 10. The van der Waals surface area contributed by atoms with Crippen LogP contribution in [0.1, 0.15) is 61.5 Å². The van der Waals surface area contributed by atoms with Gasteiger partial charge in [0.05, 0.1) is 41.3 Å². The van der Waals surface area contributed by atoms with E-state index in [1.54, 1.807) is 30.3 Å². The highest BCUT2D eigenvalue weighted by molar-refractivity contribution is 6.31. The molecule has 0 bridgehead atoms. The Morgan fingerprint density at radius 1 is 0.875 bits per heavy atom. The summed E-state index contributed by atoms with van der Waals surface area (Å²) in [4.78, 5) is 43.9. The highest BCUT2D eigenvalue weighted by Crippen LogP contribution is 2.35. The highest BCUT2D eigenvalue weighted by atomic mass is 35.5. The Labute approximate surface area is 281 Å². The number of hydrazone groups is 1. The van der Waals surface area contributed by atoms with Gasteiger partial charge in [-0.15, -0.1) is 0 Å². The number of carbonyl (C=O) groups excluding carboxylic acids is 3. The highest BCUT2D eigenvalue weighted by Gasteiger charge is 2.33. The molecule has 254 valence electrons. The van der Waals surface area contributed by atoms with Crippen molar-refractivity contribution in [1.29, 1.82) is 0 Å². The van der Waals surface area contributed by atoms with E-state index in [0.717, 1.165) is 69.5 Å². The first-order valence-corrected chi connectivity index (χ1v) is 16.0. The summed E-state index contributed by atoms with van der Waals surface area (Å²) in [5.41, 5.74) is 3.02. The van der Waals surface area contributed by atoms with Crippen molar-refractivity contribution in [2.45, 2.75) is 25.4 Å². The number of hydrogen-bond donors (Lipinski definition) is 3. The number of carbonyl (C=O) groups is 3. The van der Waals surface area contributed by atoms with Crippen molar-refractivity contribution in [3.05, 3.63) is 93.5 Å². The molecule has 0 aromatic heterocycles. The van der Waals surface area contributed by atoms with Gasteiger partial charge in [-0.1, -0.05) is 23.7 Å². The third-order valence-electron chi connectivity index (χ3n) is 8.10. The van der Waals surface area contributed by atoms with Crippen molar-refractivity contribution < 1.29 is 32.3 Å². The molecule has 2 saturated heterocycles. The van der Waals surface area contributed by atoms with Gasteiger partial charge in [-0.2, -0.15) is 18.3 Å². The molecule has 3 amide bonds. The number of morpholine rings is 1. The Bertz CT molecular complexity index is 1660. The van der Waals surface area contributed by atoms with E-state index in [-0.39, 0.29) is 28.3 Å². The maximum absolute atomic E-state index is 13.4. The number of hydrogen-bond acceptors (Lipinski definition) is 7. The normalized spacial score (nSPS) is 15.7. The first kappa shape index (κ1) is 34.9. The second kappa shape index (κ2) is 16.1. The smallest absolute Gasteiger partial charge is 0.379 e. The fourth-order valence-corrected chi connectivity index (χ4v) is 5.72. The molecular formula is C34H36ClF3N6O4. The fourth-order valence-electron chi connectivity index (χ4n) is 5.49. The van der Waals surface area contributed by atoms with E-state index in [2.05, 4.69) is 31.0 Å². The number of nitrogens with zero attached hydrogens (tertiary/aromatic N) is 3. The predicted molar refractivity (Wildman–Crippen MR) is 178 cm³/mol. The first-order valence-electron chi connectivity index (χ1n) is 15.7. The summed E-state index contributed by atoms with van der Waals surface area (Å²) in [7, 11) is 0. The maximum atomic E-state index is 13.4. The predicted octanol–water partition coefficient (Wildman–Crippen LogP) is 5.43. The van der Waals surface area contributed by atoms with E-state index in [0.29, 0.717) is 31.9 Å². The number of nitrogens with one attached hydrogen (secondary N) is 3. The second-order valence-corrected chi connectivity index (χ2v) is 11.9. The number of amides is 3. The monoisotopic (exact) mass is 684 g/mol. The van der Waals surface area contributed by atoms with Crippen LogP contribution >= 0.6 is 11.6 Å². The van der Waals surface area contributed by atoms with Gasteiger partial charge in [0.25, 0.3) is 17.7 Å². The zero-order valence-electron chi connectivity index (χ0n) is 26.1. The van der Waals surface area contributed by atoms with Gasteiger partial charge in [0.15, 0.2) is 0 Å². The molecule has 3 aromatic rings. The maximum Gasteiger partial charge on any atom is 0.417 e. The van der Waals surface area contributed by atoms with Gasteiger partial charge in [0.2, 0.25) is 0 Å². The number of anilines is 2. The van der Waals surface area contributed by atoms with E-state index in [1.165, 1.54) is 12.1 Å². The zero-order valence-corrected chi connectivity index (χ0v) is 26.9. The molecule has 5 rings (SSSR count). The van der Waals surface area contributed by atoms with Crippen molar-refractivity contribution in [3.63, 3.8) is 0 Å². The third kappa shape index (κ3) is 9.33. The van der Waals surface area contributed by atoms with Crippen LogP contribution in [0.2, 0.25) is 5.02 Å². The molecule has 2 heterocycles. The topological polar surface area (TPSA) is 115 Å². The molecule has 3 aromatic carbocycles. The summed E-state index contributed by atoms with van der Waals surface area (Å²) in [6.07, 6.45) is -0.463. The Morgan fingerprint density at radius 3 is 2.33 bits per heavy atom. The van der Waals surface area contributed by atoms with Crippen LogP contribution in [-0.2, 0) is 10.9 Å². The molecule has 2 aliphatic heterocycles. The Hall–Kier alpha value is -4.46. The standard InChI is InChI=1S/C34H36ClF3N6O4/c35-29-9-7-23(19-28(29)34(36,37)38)22-40-42-33(47)27-21-26(44-12-2-1-3-13-44)8-10-30(27)41-32(46)25-6-4-5-24(20-25)31(45)39-11-14-43-15-17-48-18-16-43/h4-10,19-22H,1-3,11-18H2,(H,39,45)(H,41,46)(H,42,47)/b40-22+. The summed E-state index contributed by atoms with van der Waals surface area (Å²) < 4.78 is 45.2. The van der Waals surface area contributed by atoms with Gasteiger partial charge < -0.3 is 20.3 Å². The molecular weight excluding hydrogens is 649 g/mol. The second-order valence-electron chi connectivity index (χ2n) is 11.5. The van der Waals surface area contributed by atoms with Crippen LogP contribution in [0.15, 0.2) is 65.8 Å². The molecule has 0 saturated carbocycles. The number of halogens is 4. The van der Waals surface area contributed by atoms with Crippen molar-refractivity contribution in [1.82, 2.24) is 15.6 Å². The fraction of sp³-hybridized carbons (Fsp3) is 0.353. The van der Waals surface area contributed by atoms with E-state index in [4.69, 9.17) is 16.3 Å². The minimum atomic E-state index is -4.65. The molecule has 0 radical (unpaired) electrons. The number of benzene rings is 3. The van der Waals surface area contributed by atoms with Crippen LogP contribution in [0.4, 0.5) is 24.5 Å². The van der Waals surface area contributed by atoms with Crippen molar-refractivity contribution >= 4 is 46.9 Å². The number of alkyl halides is 3.